The maximum absolute atomic E-state index is 10.6. The fourth-order valence-corrected chi connectivity index (χ4v) is 0. The van der Waals surface area contributed by atoms with Gasteiger partial charge in [-0.2, -0.15) is 8.78 Å². The Morgan fingerprint density at radius 3 is 1.80 bits per heavy atom. The predicted molar refractivity (Wildman–Crippen MR) is 20.0 cm³/mol. The average Bonchev–Trinajstić information content (AvgIpc) is 1.38. The summed E-state index contributed by atoms with van der Waals surface area (Å²) in [4.78, 5) is 0. The van der Waals surface area contributed by atoms with Crippen LogP contribution in [-0.2, 0) is 0 Å². The monoisotopic (exact) mass is 96.0 g/mol. The Balaban J connectivity index is 3.14. The molecule has 0 amide bonds. The van der Waals surface area contributed by atoms with Crippen LogP contribution >= 0.6 is 9.24 Å². The highest BCUT2D eigenvalue weighted by Crippen LogP contribution is 1.98. The van der Waals surface area contributed by atoms with Crippen molar-refractivity contribution in [1.29, 1.82) is 0 Å². The lowest BCUT2D eigenvalue weighted by atomic mass is 11.1. The molecule has 0 saturated heterocycles. The van der Waals surface area contributed by atoms with Crippen molar-refractivity contribution >= 4 is 9.24 Å². The summed E-state index contributed by atoms with van der Waals surface area (Å²) < 4.78 is 21.2. The van der Waals surface area contributed by atoms with Gasteiger partial charge in [-0.25, -0.2) is 0 Å². The van der Waals surface area contributed by atoms with Gasteiger partial charge >= 0.3 is 0 Å². The lowest BCUT2D eigenvalue weighted by molar-refractivity contribution is 0.424. The van der Waals surface area contributed by atoms with Gasteiger partial charge in [0.1, 0.15) is 0 Å². The summed E-state index contributed by atoms with van der Waals surface area (Å²) in [5, 5.41) is 0. The smallest absolute Gasteiger partial charge is 0.173 e. The molecule has 0 rings (SSSR count). The molecule has 30 valence electrons. The molecule has 0 bridgehead atoms. The fraction of sp³-hybridized carbons (Fsp3) is 0. The van der Waals surface area contributed by atoms with Gasteiger partial charge in [0.15, 0.2) is 0 Å². The minimum atomic E-state index is -1.66. The molecule has 0 N–H and O–H groups in total. The second kappa shape index (κ2) is 2.28. The Hall–Kier alpha value is 0.0300. The van der Waals surface area contributed by atoms with Gasteiger partial charge in [0, 0.05) is 0 Å². The SMILES string of the molecule is FC(F)=CP. The van der Waals surface area contributed by atoms with Crippen molar-refractivity contribution in [2.24, 2.45) is 0 Å². The average molecular weight is 96.0 g/mol. The summed E-state index contributed by atoms with van der Waals surface area (Å²) in [6.45, 7) is 0. The van der Waals surface area contributed by atoms with E-state index < -0.39 is 6.08 Å². The van der Waals surface area contributed by atoms with E-state index >= 15 is 0 Å². The van der Waals surface area contributed by atoms with Crippen molar-refractivity contribution in [3.8, 4) is 0 Å². The molecule has 1 atom stereocenters. The first-order valence-corrected chi connectivity index (χ1v) is 1.67. The summed E-state index contributed by atoms with van der Waals surface area (Å²) in [6, 6.07) is 0. The zero-order valence-corrected chi connectivity index (χ0v) is 3.57. The standard InChI is InChI=1S/C2H3F2P/c3-2(4)1-5/h1H,5H2. The van der Waals surface area contributed by atoms with Crippen LogP contribution in [0.2, 0.25) is 0 Å². The summed E-state index contributed by atoms with van der Waals surface area (Å²) in [5.41, 5.74) is 0. The van der Waals surface area contributed by atoms with Crippen LogP contribution in [0, 0.1) is 0 Å². The van der Waals surface area contributed by atoms with Gasteiger partial charge in [-0.1, -0.05) is 0 Å². The van der Waals surface area contributed by atoms with Gasteiger partial charge in [0.25, 0.3) is 6.08 Å². The summed E-state index contributed by atoms with van der Waals surface area (Å²) >= 11 is 0. The lowest BCUT2D eigenvalue weighted by Crippen LogP contribution is -1.40. The van der Waals surface area contributed by atoms with Gasteiger partial charge in [-0.3, -0.25) is 0 Å². The Labute approximate surface area is 31.1 Å². The third kappa shape index (κ3) is 4.03. The van der Waals surface area contributed by atoms with Crippen molar-refractivity contribution in [2.75, 3.05) is 0 Å². The topological polar surface area (TPSA) is 0 Å². The van der Waals surface area contributed by atoms with Gasteiger partial charge < -0.3 is 0 Å². The maximum atomic E-state index is 10.6. The van der Waals surface area contributed by atoms with E-state index in [1.165, 1.54) is 0 Å². The van der Waals surface area contributed by atoms with Crippen LogP contribution in [0.15, 0.2) is 11.9 Å². The van der Waals surface area contributed by atoms with Crippen molar-refractivity contribution in [3.05, 3.63) is 11.9 Å². The molecule has 0 fully saturated rings. The van der Waals surface area contributed by atoms with Crippen LogP contribution < -0.4 is 0 Å². The third-order valence-corrected chi connectivity index (χ3v) is 0.378. The molecule has 0 saturated carbocycles. The summed E-state index contributed by atoms with van der Waals surface area (Å²) in [7, 11) is 1.78. The quantitative estimate of drug-likeness (QED) is 0.402. The third-order valence-electron chi connectivity index (χ3n) is 0.126. The second-order valence-electron chi connectivity index (χ2n) is 0.456. The normalized spacial score (nSPS) is 7.00. The highest BCUT2D eigenvalue weighted by atomic mass is 31.0. The van der Waals surface area contributed by atoms with Gasteiger partial charge in [-0.15, -0.1) is 9.24 Å². The molecule has 0 aliphatic rings. The van der Waals surface area contributed by atoms with E-state index in [-0.39, 0.29) is 0 Å². The summed E-state index contributed by atoms with van der Waals surface area (Å²) in [6.07, 6.45) is -1.66. The zero-order chi connectivity index (χ0) is 4.28. The van der Waals surface area contributed by atoms with Crippen LogP contribution in [0.3, 0.4) is 0 Å². The molecule has 0 aromatic carbocycles. The van der Waals surface area contributed by atoms with Crippen LogP contribution in [-0.4, -0.2) is 0 Å². The molecule has 1 unspecified atom stereocenters. The molecule has 0 aliphatic carbocycles. The van der Waals surface area contributed by atoms with Crippen molar-refractivity contribution in [1.82, 2.24) is 0 Å². The van der Waals surface area contributed by atoms with Crippen LogP contribution in [0.4, 0.5) is 8.78 Å². The molecule has 0 aromatic heterocycles. The van der Waals surface area contributed by atoms with Crippen molar-refractivity contribution < 1.29 is 8.78 Å². The van der Waals surface area contributed by atoms with E-state index in [2.05, 4.69) is 0 Å². The number of halogens is 2. The molecular formula is C2H3F2P. The Morgan fingerprint density at radius 2 is 1.80 bits per heavy atom. The second-order valence-corrected chi connectivity index (χ2v) is 0.790. The van der Waals surface area contributed by atoms with Crippen LogP contribution in [0.1, 0.15) is 0 Å². The molecule has 5 heavy (non-hydrogen) atoms. The maximum Gasteiger partial charge on any atom is 0.270 e. The zero-order valence-electron chi connectivity index (χ0n) is 2.41. The van der Waals surface area contributed by atoms with Crippen molar-refractivity contribution in [3.63, 3.8) is 0 Å². The van der Waals surface area contributed by atoms with Crippen molar-refractivity contribution in [2.45, 2.75) is 0 Å². The number of rotatable bonds is 0. The minimum Gasteiger partial charge on any atom is -0.173 e. The number of hydrogen-bond donors (Lipinski definition) is 0. The van der Waals surface area contributed by atoms with E-state index in [1.54, 1.807) is 9.24 Å². The Kier molecular flexibility index (Phi) is 2.29. The van der Waals surface area contributed by atoms with Crippen LogP contribution in [0.5, 0.6) is 0 Å². The molecule has 0 nitrogen and oxygen atoms in total. The number of hydrogen-bond acceptors (Lipinski definition) is 0. The van der Waals surface area contributed by atoms with E-state index in [4.69, 9.17) is 0 Å². The van der Waals surface area contributed by atoms with E-state index in [0.29, 0.717) is 5.82 Å². The fourth-order valence-electron chi connectivity index (χ4n) is 0. The predicted octanol–water partition coefficient (Wildman–Crippen LogP) is 1.60. The molecule has 0 spiro atoms. The first kappa shape index (κ1) is 5.03. The largest absolute Gasteiger partial charge is 0.270 e. The summed E-state index contributed by atoms with van der Waals surface area (Å²) in [5.74, 6) is 0.667. The molecule has 0 radical (unpaired) electrons. The lowest BCUT2D eigenvalue weighted by Gasteiger charge is -1.62. The van der Waals surface area contributed by atoms with Gasteiger partial charge in [-0.05, 0) is 5.82 Å². The minimum absolute atomic E-state index is 0.667. The van der Waals surface area contributed by atoms with E-state index in [9.17, 15) is 8.78 Å². The van der Waals surface area contributed by atoms with E-state index in [0.717, 1.165) is 0 Å². The molecule has 0 heterocycles. The highest BCUT2D eigenvalue weighted by molar-refractivity contribution is 7.20. The first-order chi connectivity index (χ1) is 2.27. The molecule has 0 aromatic rings. The Morgan fingerprint density at radius 1 is 1.60 bits per heavy atom. The van der Waals surface area contributed by atoms with E-state index in [1.807, 2.05) is 0 Å². The van der Waals surface area contributed by atoms with Gasteiger partial charge in [0.2, 0.25) is 0 Å². The molecule has 3 heteroatoms. The first-order valence-electron chi connectivity index (χ1n) is 1.000. The molecule has 0 aliphatic heterocycles. The van der Waals surface area contributed by atoms with Gasteiger partial charge in [0.05, 0.1) is 0 Å². The highest BCUT2D eigenvalue weighted by Gasteiger charge is 1.74. The molecular weight excluding hydrogens is 93.0 g/mol. The Bertz CT molecular complexity index is 45.6. The van der Waals surface area contributed by atoms with Crippen LogP contribution in [0.25, 0.3) is 0 Å².